The van der Waals surface area contributed by atoms with Crippen LogP contribution in [0.25, 0.3) is 0 Å². The second-order valence-corrected chi connectivity index (χ2v) is 5.12. The molecule has 0 aromatic heterocycles. The van der Waals surface area contributed by atoms with Crippen molar-refractivity contribution in [2.24, 2.45) is 0 Å². The Kier molecular flexibility index (Phi) is 3.86. The summed E-state index contributed by atoms with van der Waals surface area (Å²) in [5.74, 6) is 0.543. The Labute approximate surface area is 92.9 Å². The molecule has 0 saturated heterocycles. The third-order valence-corrected chi connectivity index (χ3v) is 2.37. The molecule has 0 fully saturated rings. The van der Waals surface area contributed by atoms with E-state index in [1.807, 2.05) is 0 Å². The van der Waals surface area contributed by atoms with Crippen LogP contribution in [0.5, 0.6) is 5.75 Å². The highest BCUT2D eigenvalue weighted by Gasteiger charge is 2.04. The van der Waals surface area contributed by atoms with Gasteiger partial charge >= 0.3 is 0 Å². The molecular formula is C8H11NO4S2. The Morgan fingerprint density at radius 1 is 1.60 bits per heavy atom. The summed E-state index contributed by atoms with van der Waals surface area (Å²) in [6.07, 6.45) is 0. The highest BCUT2D eigenvalue weighted by molar-refractivity contribution is 8.27. The molecule has 0 bridgehead atoms. The Morgan fingerprint density at radius 3 is 2.73 bits per heavy atom. The lowest BCUT2D eigenvalue weighted by atomic mass is 10.2. The van der Waals surface area contributed by atoms with E-state index in [9.17, 15) is 4.21 Å². The van der Waals surface area contributed by atoms with Crippen LogP contribution in [0, 0.1) is 0 Å². The minimum atomic E-state index is -3.59. The molecule has 5 nitrogen and oxygen atoms in total. The highest BCUT2D eigenvalue weighted by Crippen LogP contribution is 2.22. The number of ether oxygens (including phenoxy) is 1. The van der Waals surface area contributed by atoms with E-state index in [1.165, 1.54) is 7.11 Å². The molecule has 3 N–H and O–H groups in total. The molecule has 0 spiro atoms. The third kappa shape index (κ3) is 4.00. The van der Waals surface area contributed by atoms with Gasteiger partial charge in [0.05, 0.1) is 19.4 Å². The van der Waals surface area contributed by atoms with Crippen LogP contribution in [0.3, 0.4) is 0 Å². The van der Waals surface area contributed by atoms with Crippen molar-refractivity contribution in [3.8, 4) is 5.75 Å². The third-order valence-electron chi connectivity index (χ3n) is 1.67. The molecule has 1 aromatic rings. The molecule has 0 aliphatic rings. The summed E-state index contributed by atoms with van der Waals surface area (Å²) in [7, 11) is -2.08. The lowest BCUT2D eigenvalue weighted by molar-refractivity contribution is 0.294. The number of benzene rings is 1. The lowest BCUT2D eigenvalue weighted by Gasteiger charge is -2.07. The first-order valence-electron chi connectivity index (χ1n) is 3.96. The van der Waals surface area contributed by atoms with Crippen LogP contribution < -0.4 is 10.5 Å². The van der Waals surface area contributed by atoms with Crippen molar-refractivity contribution in [2.75, 3.05) is 12.8 Å². The zero-order chi connectivity index (χ0) is 11.5. The topological polar surface area (TPSA) is 81.8 Å². The molecule has 1 rings (SSSR count). The van der Waals surface area contributed by atoms with Gasteiger partial charge in [-0.05, 0) is 17.7 Å². The van der Waals surface area contributed by atoms with Crippen LogP contribution in [-0.2, 0) is 31.0 Å². The van der Waals surface area contributed by atoms with Crippen molar-refractivity contribution in [1.29, 1.82) is 0 Å². The molecular weight excluding hydrogens is 238 g/mol. The van der Waals surface area contributed by atoms with Gasteiger partial charge in [0.2, 0.25) is 0 Å². The van der Waals surface area contributed by atoms with E-state index in [0.29, 0.717) is 17.0 Å². The van der Waals surface area contributed by atoms with E-state index in [-0.39, 0.29) is 6.61 Å². The highest BCUT2D eigenvalue weighted by atomic mass is 32.9. The van der Waals surface area contributed by atoms with Crippen molar-refractivity contribution in [1.82, 2.24) is 0 Å². The maximum absolute atomic E-state index is 10.7. The van der Waals surface area contributed by atoms with Crippen molar-refractivity contribution in [3.63, 3.8) is 0 Å². The maximum atomic E-state index is 10.7. The smallest absolute Gasteiger partial charge is 0.266 e. The number of hydrogen-bond acceptors (Lipinski definition) is 5. The van der Waals surface area contributed by atoms with Gasteiger partial charge < -0.3 is 10.5 Å². The van der Waals surface area contributed by atoms with Gasteiger partial charge in [0.1, 0.15) is 5.75 Å². The second kappa shape index (κ2) is 4.75. The van der Waals surface area contributed by atoms with Crippen molar-refractivity contribution < 1.29 is 17.7 Å². The minimum Gasteiger partial charge on any atom is -0.495 e. The fraction of sp³-hybridized carbons (Fsp3) is 0.250. The average molecular weight is 249 g/mol. The quantitative estimate of drug-likeness (QED) is 0.772. The number of rotatable bonds is 4. The van der Waals surface area contributed by atoms with Crippen molar-refractivity contribution in [3.05, 3.63) is 23.8 Å². The van der Waals surface area contributed by atoms with E-state index < -0.39 is 9.05 Å². The van der Waals surface area contributed by atoms with Crippen LogP contribution in [-0.4, -0.2) is 15.9 Å². The standard InChI is InChI=1S/C8H11NO4S2/c1-12-8-3-2-6(4-7(8)9)5-13-15(10,11)14/h2-4H,5,9H2,1H3,(H,10,11,14). The molecule has 1 unspecified atom stereocenters. The van der Waals surface area contributed by atoms with Gasteiger partial charge in [0, 0.05) is 11.2 Å². The Bertz CT molecular complexity index is 444. The normalized spacial score (nSPS) is 14.5. The minimum absolute atomic E-state index is 0.0625. The fourth-order valence-electron chi connectivity index (χ4n) is 1.02. The Balaban J connectivity index is 2.76. The van der Waals surface area contributed by atoms with E-state index >= 15 is 0 Å². The molecule has 0 aliphatic carbocycles. The van der Waals surface area contributed by atoms with Crippen molar-refractivity contribution in [2.45, 2.75) is 6.61 Å². The first-order chi connectivity index (χ1) is 6.92. The Morgan fingerprint density at radius 2 is 2.27 bits per heavy atom. The SMILES string of the molecule is COc1ccc(COS(=O)(O)=S)cc1N. The molecule has 1 atom stereocenters. The second-order valence-electron chi connectivity index (χ2n) is 2.77. The van der Waals surface area contributed by atoms with E-state index in [4.69, 9.17) is 15.0 Å². The molecule has 0 saturated carbocycles. The predicted octanol–water partition coefficient (Wildman–Crippen LogP) is 0.928. The zero-order valence-corrected chi connectivity index (χ0v) is 9.64. The molecule has 1 aromatic carbocycles. The largest absolute Gasteiger partial charge is 0.495 e. The summed E-state index contributed by atoms with van der Waals surface area (Å²) in [5, 5.41) is 0. The van der Waals surface area contributed by atoms with Gasteiger partial charge in [-0.1, -0.05) is 6.07 Å². The average Bonchev–Trinajstić information content (AvgIpc) is 2.14. The molecule has 0 radical (unpaired) electrons. The zero-order valence-electron chi connectivity index (χ0n) is 8.00. The van der Waals surface area contributed by atoms with Gasteiger partial charge in [-0.25, -0.2) is 0 Å². The van der Waals surface area contributed by atoms with E-state index in [2.05, 4.69) is 15.4 Å². The molecule has 84 valence electrons. The van der Waals surface area contributed by atoms with E-state index in [0.717, 1.165) is 0 Å². The number of anilines is 1. The van der Waals surface area contributed by atoms with Crippen LogP contribution in [0.1, 0.15) is 5.56 Å². The van der Waals surface area contributed by atoms with Crippen molar-refractivity contribution >= 4 is 25.9 Å². The summed E-state index contributed by atoms with van der Waals surface area (Å²) in [6.45, 7) is -0.0625. The fourth-order valence-corrected chi connectivity index (χ4v) is 1.45. The van der Waals surface area contributed by atoms with Crippen LogP contribution in [0.2, 0.25) is 0 Å². The first kappa shape index (κ1) is 12.2. The monoisotopic (exact) mass is 249 g/mol. The number of nitrogens with two attached hydrogens (primary N) is 1. The maximum Gasteiger partial charge on any atom is 0.266 e. The van der Waals surface area contributed by atoms with Gasteiger partial charge in [0.25, 0.3) is 9.05 Å². The molecule has 0 amide bonds. The number of hydrogen-bond donors (Lipinski definition) is 2. The van der Waals surface area contributed by atoms with Crippen LogP contribution in [0.15, 0.2) is 18.2 Å². The van der Waals surface area contributed by atoms with Gasteiger partial charge in [-0.2, -0.15) is 4.21 Å². The predicted molar refractivity (Wildman–Crippen MR) is 60.3 cm³/mol. The lowest BCUT2D eigenvalue weighted by Crippen LogP contribution is -2.02. The van der Waals surface area contributed by atoms with Crippen LogP contribution >= 0.6 is 0 Å². The summed E-state index contributed by atoms with van der Waals surface area (Å²) >= 11 is 4.17. The summed E-state index contributed by atoms with van der Waals surface area (Å²) in [6, 6.07) is 4.92. The van der Waals surface area contributed by atoms with E-state index in [1.54, 1.807) is 18.2 Å². The summed E-state index contributed by atoms with van der Waals surface area (Å²) < 4.78 is 28.9. The molecule has 7 heteroatoms. The molecule has 0 aliphatic heterocycles. The molecule has 15 heavy (non-hydrogen) atoms. The van der Waals surface area contributed by atoms with Gasteiger partial charge in [-0.3, -0.25) is 8.74 Å². The summed E-state index contributed by atoms with van der Waals surface area (Å²) in [4.78, 5) is 0. The van der Waals surface area contributed by atoms with Crippen LogP contribution in [0.4, 0.5) is 5.69 Å². The van der Waals surface area contributed by atoms with Gasteiger partial charge in [0.15, 0.2) is 0 Å². The number of nitrogen functional groups attached to an aromatic ring is 1. The Hall–Kier alpha value is -0.890. The summed E-state index contributed by atoms with van der Waals surface area (Å²) in [5.41, 5.74) is 6.72. The first-order valence-corrected chi connectivity index (χ1v) is 6.33. The molecule has 0 heterocycles. The van der Waals surface area contributed by atoms with Gasteiger partial charge in [-0.15, -0.1) is 0 Å². The number of methoxy groups -OCH3 is 1.